The van der Waals surface area contributed by atoms with Crippen LogP contribution in [0.15, 0.2) is 0 Å². The molecule has 1 fully saturated rings. The van der Waals surface area contributed by atoms with Gasteiger partial charge in [-0.25, -0.2) is 0 Å². The van der Waals surface area contributed by atoms with Crippen LogP contribution in [-0.4, -0.2) is 33.8 Å². The van der Waals surface area contributed by atoms with Crippen molar-refractivity contribution in [2.45, 2.75) is 58.5 Å². The van der Waals surface area contributed by atoms with Crippen molar-refractivity contribution in [3.8, 4) is 0 Å². The Labute approximate surface area is 132 Å². The maximum Gasteiger partial charge on any atom is 0.223 e. The molecule has 6 nitrogen and oxygen atoms in total. The topological polar surface area (TPSA) is 71.8 Å². The highest BCUT2D eigenvalue weighted by molar-refractivity contribution is 5.79. The SMILES string of the molecule is CCC(NC(=O)C(C)C1CNC1)c1nnc2n1CCCCC2. The van der Waals surface area contributed by atoms with Crippen LogP contribution in [-0.2, 0) is 17.8 Å². The average molecular weight is 305 g/mol. The summed E-state index contributed by atoms with van der Waals surface area (Å²) in [6.45, 7) is 7.00. The summed E-state index contributed by atoms with van der Waals surface area (Å²) in [6.07, 6.45) is 5.46. The molecule has 1 saturated heterocycles. The molecule has 0 aliphatic carbocycles. The lowest BCUT2D eigenvalue weighted by Gasteiger charge is -2.32. The monoisotopic (exact) mass is 305 g/mol. The van der Waals surface area contributed by atoms with Crippen molar-refractivity contribution < 1.29 is 4.79 Å². The maximum absolute atomic E-state index is 12.5. The fraction of sp³-hybridized carbons (Fsp3) is 0.812. The molecular formula is C16H27N5O. The summed E-state index contributed by atoms with van der Waals surface area (Å²) in [6, 6.07) is -0.0256. The van der Waals surface area contributed by atoms with Crippen LogP contribution in [0.5, 0.6) is 0 Å². The van der Waals surface area contributed by atoms with Gasteiger partial charge in [0, 0.05) is 18.9 Å². The number of aryl methyl sites for hydroxylation is 1. The van der Waals surface area contributed by atoms with Crippen LogP contribution in [0.1, 0.15) is 57.2 Å². The van der Waals surface area contributed by atoms with Crippen LogP contribution in [0.4, 0.5) is 0 Å². The van der Waals surface area contributed by atoms with E-state index in [1.54, 1.807) is 0 Å². The molecule has 0 bridgehead atoms. The van der Waals surface area contributed by atoms with Crippen LogP contribution in [0.25, 0.3) is 0 Å². The summed E-state index contributed by atoms with van der Waals surface area (Å²) < 4.78 is 2.23. The Morgan fingerprint density at radius 3 is 2.86 bits per heavy atom. The van der Waals surface area contributed by atoms with E-state index in [4.69, 9.17) is 0 Å². The molecule has 0 saturated carbocycles. The number of aromatic nitrogens is 3. The Bertz CT molecular complexity index is 523. The predicted octanol–water partition coefficient (Wildman–Crippen LogP) is 1.43. The zero-order chi connectivity index (χ0) is 15.5. The lowest BCUT2D eigenvalue weighted by Crippen LogP contribution is -2.50. The molecule has 1 aromatic rings. The molecule has 6 heteroatoms. The molecule has 2 aliphatic heterocycles. The van der Waals surface area contributed by atoms with Gasteiger partial charge >= 0.3 is 0 Å². The minimum absolute atomic E-state index is 0.0256. The molecule has 2 atom stereocenters. The summed E-state index contributed by atoms with van der Waals surface area (Å²) in [7, 11) is 0. The number of hydrogen-bond donors (Lipinski definition) is 2. The van der Waals surface area contributed by atoms with Crippen LogP contribution in [0.3, 0.4) is 0 Å². The van der Waals surface area contributed by atoms with E-state index in [1.807, 2.05) is 6.92 Å². The van der Waals surface area contributed by atoms with Gasteiger partial charge in [-0.2, -0.15) is 0 Å². The zero-order valence-electron chi connectivity index (χ0n) is 13.6. The van der Waals surface area contributed by atoms with Crippen LogP contribution in [0, 0.1) is 11.8 Å². The number of nitrogens with one attached hydrogen (secondary N) is 2. The number of hydrogen-bond acceptors (Lipinski definition) is 4. The largest absolute Gasteiger partial charge is 0.346 e. The summed E-state index contributed by atoms with van der Waals surface area (Å²) >= 11 is 0. The van der Waals surface area contributed by atoms with Crippen LogP contribution < -0.4 is 10.6 Å². The van der Waals surface area contributed by atoms with E-state index in [2.05, 4.69) is 32.3 Å². The highest BCUT2D eigenvalue weighted by Crippen LogP contribution is 2.22. The van der Waals surface area contributed by atoms with E-state index in [1.165, 1.54) is 19.3 Å². The summed E-state index contributed by atoms with van der Waals surface area (Å²) in [4.78, 5) is 12.5. The van der Waals surface area contributed by atoms with Gasteiger partial charge in [0.25, 0.3) is 0 Å². The second kappa shape index (κ2) is 6.77. The number of carbonyl (C=O) groups excluding carboxylic acids is 1. The van der Waals surface area contributed by atoms with Crippen molar-refractivity contribution in [3.05, 3.63) is 11.6 Å². The molecule has 2 aliphatic rings. The Morgan fingerprint density at radius 1 is 1.36 bits per heavy atom. The minimum atomic E-state index is -0.0256. The molecule has 3 rings (SSSR count). The number of amides is 1. The molecule has 0 radical (unpaired) electrons. The van der Waals surface area contributed by atoms with E-state index >= 15 is 0 Å². The van der Waals surface area contributed by atoms with E-state index in [9.17, 15) is 4.79 Å². The van der Waals surface area contributed by atoms with Crippen molar-refractivity contribution in [2.24, 2.45) is 11.8 Å². The van der Waals surface area contributed by atoms with Gasteiger partial charge in [-0.15, -0.1) is 10.2 Å². The Balaban J connectivity index is 1.71. The Kier molecular flexibility index (Phi) is 4.76. The van der Waals surface area contributed by atoms with E-state index in [0.717, 1.165) is 44.1 Å². The second-order valence-electron chi connectivity index (χ2n) is 6.61. The summed E-state index contributed by atoms with van der Waals surface area (Å²) in [5.74, 6) is 2.68. The predicted molar refractivity (Wildman–Crippen MR) is 84.3 cm³/mol. The molecule has 0 aromatic carbocycles. The standard InChI is InChI=1S/C16H27N5O/c1-3-13(18-16(22)11(2)12-9-17-10-12)15-20-19-14-7-5-4-6-8-21(14)15/h11-13,17H,3-10H2,1-2H3,(H,18,22). The van der Waals surface area contributed by atoms with Gasteiger partial charge in [0.15, 0.2) is 5.82 Å². The summed E-state index contributed by atoms with van der Waals surface area (Å²) in [5.41, 5.74) is 0. The highest BCUT2D eigenvalue weighted by Gasteiger charge is 2.31. The third kappa shape index (κ3) is 3.02. The van der Waals surface area contributed by atoms with Gasteiger partial charge in [0.05, 0.1) is 6.04 Å². The maximum atomic E-state index is 12.5. The quantitative estimate of drug-likeness (QED) is 0.863. The van der Waals surface area contributed by atoms with Crippen LogP contribution in [0.2, 0.25) is 0 Å². The smallest absolute Gasteiger partial charge is 0.223 e. The first-order chi connectivity index (χ1) is 10.7. The van der Waals surface area contributed by atoms with Gasteiger partial charge in [-0.05, 0) is 38.3 Å². The van der Waals surface area contributed by atoms with Gasteiger partial charge in [-0.1, -0.05) is 20.3 Å². The Hall–Kier alpha value is -1.43. The summed E-state index contributed by atoms with van der Waals surface area (Å²) in [5, 5.41) is 15.2. The van der Waals surface area contributed by atoms with Crippen molar-refractivity contribution >= 4 is 5.91 Å². The lowest BCUT2D eigenvalue weighted by molar-refractivity contribution is -0.127. The second-order valence-corrected chi connectivity index (χ2v) is 6.61. The molecule has 3 heterocycles. The number of fused-ring (bicyclic) bond motifs is 1. The third-order valence-corrected chi connectivity index (χ3v) is 5.11. The van der Waals surface area contributed by atoms with Gasteiger partial charge in [0.2, 0.25) is 5.91 Å². The fourth-order valence-electron chi connectivity index (χ4n) is 3.30. The molecule has 2 unspecified atom stereocenters. The van der Waals surface area contributed by atoms with Crippen molar-refractivity contribution in [3.63, 3.8) is 0 Å². The number of carbonyl (C=O) groups is 1. The lowest BCUT2D eigenvalue weighted by atomic mass is 9.88. The van der Waals surface area contributed by atoms with Gasteiger partial charge < -0.3 is 15.2 Å². The van der Waals surface area contributed by atoms with Gasteiger partial charge in [0.1, 0.15) is 5.82 Å². The molecule has 2 N–H and O–H groups in total. The molecular weight excluding hydrogens is 278 g/mol. The number of rotatable bonds is 5. The average Bonchev–Trinajstić information content (AvgIpc) is 2.71. The van der Waals surface area contributed by atoms with E-state index in [0.29, 0.717) is 5.92 Å². The molecule has 1 aromatic heterocycles. The number of nitrogens with zero attached hydrogens (tertiary/aromatic N) is 3. The first-order valence-electron chi connectivity index (χ1n) is 8.63. The van der Waals surface area contributed by atoms with E-state index < -0.39 is 0 Å². The Morgan fingerprint density at radius 2 is 2.18 bits per heavy atom. The fourth-order valence-corrected chi connectivity index (χ4v) is 3.30. The van der Waals surface area contributed by atoms with Gasteiger partial charge in [-0.3, -0.25) is 4.79 Å². The van der Waals surface area contributed by atoms with Crippen molar-refractivity contribution in [1.82, 2.24) is 25.4 Å². The van der Waals surface area contributed by atoms with Crippen molar-refractivity contribution in [1.29, 1.82) is 0 Å². The molecule has 1 amide bonds. The van der Waals surface area contributed by atoms with E-state index in [-0.39, 0.29) is 17.9 Å². The molecule has 0 spiro atoms. The van der Waals surface area contributed by atoms with Crippen LogP contribution >= 0.6 is 0 Å². The third-order valence-electron chi connectivity index (χ3n) is 5.11. The minimum Gasteiger partial charge on any atom is -0.346 e. The first kappa shape index (κ1) is 15.5. The molecule has 22 heavy (non-hydrogen) atoms. The highest BCUT2D eigenvalue weighted by atomic mass is 16.2. The first-order valence-corrected chi connectivity index (χ1v) is 8.63. The molecule has 122 valence electrons. The normalized spacial score (nSPS) is 21.4. The van der Waals surface area contributed by atoms with Crippen molar-refractivity contribution in [2.75, 3.05) is 13.1 Å². The zero-order valence-corrected chi connectivity index (χ0v) is 13.6.